The number of aromatic nitrogens is 2. The molecule has 0 spiro atoms. The Morgan fingerprint density at radius 2 is 2.30 bits per heavy atom. The predicted octanol–water partition coefficient (Wildman–Crippen LogP) is 2.75. The maximum absolute atomic E-state index is 12.1. The van der Waals surface area contributed by atoms with Crippen LogP contribution in [0.1, 0.15) is 22.8 Å². The fourth-order valence-corrected chi connectivity index (χ4v) is 2.40. The van der Waals surface area contributed by atoms with E-state index in [-0.39, 0.29) is 11.9 Å². The zero-order valence-corrected chi connectivity index (χ0v) is 11.5. The second kappa shape index (κ2) is 5.64. The SMILES string of the molecule is O=C(Nc1cnn([C@H]2CCOC2)c1)c1ccccc1Cl. The number of nitrogens with zero attached hydrogens (tertiary/aromatic N) is 2. The monoisotopic (exact) mass is 291 g/mol. The summed E-state index contributed by atoms with van der Waals surface area (Å²) in [5.41, 5.74) is 1.10. The van der Waals surface area contributed by atoms with E-state index in [4.69, 9.17) is 16.3 Å². The number of nitrogens with one attached hydrogen (secondary N) is 1. The molecule has 1 aliphatic heterocycles. The van der Waals surface area contributed by atoms with Gasteiger partial charge in [-0.2, -0.15) is 5.10 Å². The number of ether oxygens (including phenoxy) is 1. The summed E-state index contributed by atoms with van der Waals surface area (Å²) in [5, 5.41) is 7.48. The number of carbonyl (C=O) groups is 1. The highest BCUT2D eigenvalue weighted by molar-refractivity contribution is 6.34. The van der Waals surface area contributed by atoms with Crippen molar-refractivity contribution in [2.24, 2.45) is 0 Å². The highest BCUT2D eigenvalue weighted by Crippen LogP contribution is 2.21. The van der Waals surface area contributed by atoms with Crippen LogP contribution in [0.3, 0.4) is 0 Å². The fraction of sp³-hybridized carbons (Fsp3) is 0.286. The van der Waals surface area contributed by atoms with Crippen molar-refractivity contribution in [3.63, 3.8) is 0 Å². The van der Waals surface area contributed by atoms with Crippen molar-refractivity contribution in [3.05, 3.63) is 47.2 Å². The molecule has 1 amide bonds. The Kier molecular flexibility index (Phi) is 3.71. The van der Waals surface area contributed by atoms with Crippen LogP contribution >= 0.6 is 11.6 Å². The van der Waals surface area contributed by atoms with Crippen molar-refractivity contribution < 1.29 is 9.53 Å². The zero-order valence-electron chi connectivity index (χ0n) is 10.8. The van der Waals surface area contributed by atoms with Crippen LogP contribution < -0.4 is 5.32 Å². The third-order valence-corrected chi connectivity index (χ3v) is 3.59. The zero-order chi connectivity index (χ0) is 13.9. The topological polar surface area (TPSA) is 56.2 Å². The summed E-state index contributed by atoms with van der Waals surface area (Å²) in [6.07, 6.45) is 4.39. The Balaban J connectivity index is 1.72. The van der Waals surface area contributed by atoms with E-state index in [2.05, 4.69) is 10.4 Å². The molecule has 20 heavy (non-hydrogen) atoms. The molecule has 1 atom stereocenters. The van der Waals surface area contributed by atoms with Gasteiger partial charge in [0.05, 0.1) is 35.1 Å². The van der Waals surface area contributed by atoms with Gasteiger partial charge in [-0.3, -0.25) is 9.48 Å². The van der Waals surface area contributed by atoms with Crippen molar-refractivity contribution in [2.45, 2.75) is 12.5 Å². The van der Waals surface area contributed by atoms with E-state index in [0.717, 1.165) is 13.0 Å². The summed E-state index contributed by atoms with van der Waals surface area (Å²) in [5.74, 6) is -0.238. The first kappa shape index (κ1) is 13.1. The van der Waals surface area contributed by atoms with Gasteiger partial charge < -0.3 is 10.1 Å². The third-order valence-electron chi connectivity index (χ3n) is 3.26. The van der Waals surface area contributed by atoms with Crippen molar-refractivity contribution in [1.29, 1.82) is 0 Å². The quantitative estimate of drug-likeness (QED) is 0.946. The van der Waals surface area contributed by atoms with Gasteiger partial charge in [-0.25, -0.2) is 0 Å². The van der Waals surface area contributed by atoms with E-state index < -0.39 is 0 Å². The number of hydrogen-bond acceptors (Lipinski definition) is 3. The number of anilines is 1. The number of rotatable bonds is 3. The maximum Gasteiger partial charge on any atom is 0.257 e. The van der Waals surface area contributed by atoms with Crippen LogP contribution in [0.15, 0.2) is 36.7 Å². The summed E-state index contributed by atoms with van der Waals surface area (Å²) in [4.78, 5) is 12.1. The highest BCUT2D eigenvalue weighted by atomic mass is 35.5. The Hall–Kier alpha value is -1.85. The molecular weight excluding hydrogens is 278 g/mol. The fourth-order valence-electron chi connectivity index (χ4n) is 2.18. The summed E-state index contributed by atoms with van der Waals surface area (Å²) < 4.78 is 7.15. The number of benzene rings is 1. The van der Waals surface area contributed by atoms with E-state index in [1.807, 2.05) is 10.9 Å². The molecule has 1 fully saturated rings. The Bertz CT molecular complexity index is 620. The molecular formula is C14H14ClN3O2. The van der Waals surface area contributed by atoms with E-state index in [9.17, 15) is 4.79 Å². The van der Waals surface area contributed by atoms with Crippen molar-refractivity contribution in [1.82, 2.24) is 9.78 Å². The minimum Gasteiger partial charge on any atom is -0.379 e. The molecule has 2 heterocycles. The lowest BCUT2D eigenvalue weighted by atomic mass is 10.2. The largest absolute Gasteiger partial charge is 0.379 e. The van der Waals surface area contributed by atoms with Gasteiger partial charge in [0.25, 0.3) is 5.91 Å². The van der Waals surface area contributed by atoms with Gasteiger partial charge in [0, 0.05) is 12.8 Å². The second-order valence-electron chi connectivity index (χ2n) is 4.66. The van der Waals surface area contributed by atoms with E-state index in [0.29, 0.717) is 22.9 Å². The van der Waals surface area contributed by atoms with Crippen LogP contribution in [0.4, 0.5) is 5.69 Å². The summed E-state index contributed by atoms with van der Waals surface area (Å²) in [7, 11) is 0. The van der Waals surface area contributed by atoms with Gasteiger partial charge in [-0.1, -0.05) is 23.7 Å². The smallest absolute Gasteiger partial charge is 0.257 e. The van der Waals surface area contributed by atoms with E-state index in [1.54, 1.807) is 30.5 Å². The van der Waals surface area contributed by atoms with E-state index in [1.165, 1.54) is 0 Å². The lowest BCUT2D eigenvalue weighted by Crippen LogP contribution is -2.12. The highest BCUT2D eigenvalue weighted by Gasteiger charge is 2.19. The first-order valence-electron chi connectivity index (χ1n) is 6.42. The molecule has 1 aromatic carbocycles. The average Bonchev–Trinajstić information content (AvgIpc) is 3.09. The van der Waals surface area contributed by atoms with Gasteiger partial charge in [0.2, 0.25) is 0 Å². The lowest BCUT2D eigenvalue weighted by molar-refractivity contribution is 0.102. The van der Waals surface area contributed by atoms with Crippen molar-refractivity contribution in [2.75, 3.05) is 18.5 Å². The third kappa shape index (κ3) is 2.69. The molecule has 0 saturated carbocycles. The van der Waals surface area contributed by atoms with Crippen LogP contribution in [0.25, 0.3) is 0 Å². The van der Waals surface area contributed by atoms with Gasteiger partial charge in [-0.15, -0.1) is 0 Å². The average molecular weight is 292 g/mol. The predicted molar refractivity (Wildman–Crippen MR) is 76.1 cm³/mol. The molecule has 1 saturated heterocycles. The second-order valence-corrected chi connectivity index (χ2v) is 5.07. The molecule has 1 aromatic heterocycles. The van der Waals surface area contributed by atoms with Crippen LogP contribution in [-0.4, -0.2) is 28.9 Å². The number of halogens is 1. The molecule has 0 bridgehead atoms. The number of carbonyl (C=O) groups excluding carboxylic acids is 1. The Morgan fingerprint density at radius 3 is 3.05 bits per heavy atom. The molecule has 6 heteroatoms. The molecule has 0 aliphatic carbocycles. The first-order chi connectivity index (χ1) is 9.74. The van der Waals surface area contributed by atoms with Gasteiger partial charge >= 0.3 is 0 Å². The van der Waals surface area contributed by atoms with Crippen LogP contribution in [0, 0.1) is 0 Å². The first-order valence-corrected chi connectivity index (χ1v) is 6.79. The summed E-state index contributed by atoms with van der Waals surface area (Å²) >= 11 is 6.00. The Morgan fingerprint density at radius 1 is 1.45 bits per heavy atom. The van der Waals surface area contributed by atoms with Gasteiger partial charge in [0.15, 0.2) is 0 Å². The molecule has 1 N–H and O–H groups in total. The van der Waals surface area contributed by atoms with E-state index >= 15 is 0 Å². The number of amides is 1. The standard InChI is InChI=1S/C14H14ClN3O2/c15-13-4-2-1-3-12(13)14(19)17-10-7-16-18(8-10)11-5-6-20-9-11/h1-4,7-8,11H,5-6,9H2,(H,17,19)/t11-/m0/s1. The molecule has 2 aromatic rings. The molecule has 104 valence electrons. The van der Waals surface area contributed by atoms with Crippen LogP contribution in [0.2, 0.25) is 5.02 Å². The van der Waals surface area contributed by atoms with Crippen molar-refractivity contribution >= 4 is 23.2 Å². The summed E-state index contributed by atoms with van der Waals surface area (Å²) in [6, 6.07) is 7.20. The number of hydrogen-bond donors (Lipinski definition) is 1. The molecule has 5 nitrogen and oxygen atoms in total. The van der Waals surface area contributed by atoms with Gasteiger partial charge in [-0.05, 0) is 18.6 Å². The van der Waals surface area contributed by atoms with Crippen molar-refractivity contribution in [3.8, 4) is 0 Å². The molecule has 3 rings (SSSR count). The molecule has 1 aliphatic rings. The maximum atomic E-state index is 12.1. The molecule has 0 unspecified atom stereocenters. The molecule has 0 radical (unpaired) electrons. The minimum absolute atomic E-state index is 0.238. The normalized spacial score (nSPS) is 18.1. The van der Waals surface area contributed by atoms with Gasteiger partial charge in [0.1, 0.15) is 0 Å². The van der Waals surface area contributed by atoms with Crippen LogP contribution in [-0.2, 0) is 4.74 Å². The summed E-state index contributed by atoms with van der Waals surface area (Å²) in [6.45, 7) is 1.42. The van der Waals surface area contributed by atoms with Crippen LogP contribution in [0.5, 0.6) is 0 Å². The Labute approximate surface area is 121 Å². The minimum atomic E-state index is -0.238. The lowest BCUT2D eigenvalue weighted by Gasteiger charge is -2.07.